The minimum absolute atomic E-state index is 0.474. The fourth-order valence-corrected chi connectivity index (χ4v) is 4.11. The number of hydrogen-bond donors (Lipinski definition) is 0. The van der Waals surface area contributed by atoms with Crippen LogP contribution in [-0.2, 0) is 7.05 Å². The van der Waals surface area contributed by atoms with Crippen molar-refractivity contribution in [2.24, 2.45) is 7.05 Å². The van der Waals surface area contributed by atoms with Crippen molar-refractivity contribution >= 4 is 16.3 Å². The molecule has 0 bridgehead atoms. The molecule has 0 spiro atoms. The number of rotatable bonds is 3. The van der Waals surface area contributed by atoms with Gasteiger partial charge in [-0.05, 0) is 37.0 Å². The van der Waals surface area contributed by atoms with Gasteiger partial charge in [-0.1, -0.05) is 17.4 Å². The van der Waals surface area contributed by atoms with E-state index in [0.717, 1.165) is 33.6 Å². The maximum atomic E-state index is 4.72. The van der Waals surface area contributed by atoms with Crippen molar-refractivity contribution in [2.45, 2.75) is 25.2 Å². The van der Waals surface area contributed by atoms with E-state index in [9.17, 15) is 0 Å². The lowest BCUT2D eigenvalue weighted by molar-refractivity contribution is 0.744. The van der Waals surface area contributed by atoms with Crippen LogP contribution in [0.5, 0.6) is 0 Å². The topological polar surface area (TPSA) is 73.8 Å². The van der Waals surface area contributed by atoms with Gasteiger partial charge >= 0.3 is 0 Å². The van der Waals surface area contributed by atoms with Crippen LogP contribution in [0.1, 0.15) is 35.3 Å². The first-order valence-corrected chi connectivity index (χ1v) is 8.65. The summed E-state index contributed by atoms with van der Waals surface area (Å²) in [5.74, 6) is 1.80. The standard InChI is InChI=1S/C16H15N7S/c1-9-18-19-16-23(9)21-15(24-16)14-7-13(20-22(14)2)12-6-11(12)10-4-3-5-17-8-10/h3-5,7-8,11-12H,6H2,1-2H3/t11?,12-/m1/s1. The Hall–Kier alpha value is -2.61. The Balaban J connectivity index is 1.47. The van der Waals surface area contributed by atoms with E-state index in [1.165, 1.54) is 16.9 Å². The minimum atomic E-state index is 0.474. The van der Waals surface area contributed by atoms with Gasteiger partial charge in [0.1, 0.15) is 0 Å². The lowest BCUT2D eigenvalue weighted by Crippen LogP contribution is -1.95. The van der Waals surface area contributed by atoms with E-state index in [1.807, 2.05) is 37.1 Å². The highest BCUT2D eigenvalue weighted by molar-refractivity contribution is 7.19. The van der Waals surface area contributed by atoms with E-state index in [-0.39, 0.29) is 0 Å². The number of pyridine rings is 1. The quantitative estimate of drug-likeness (QED) is 0.574. The molecule has 8 heteroatoms. The Morgan fingerprint density at radius 1 is 1.21 bits per heavy atom. The fraction of sp³-hybridized carbons (Fsp3) is 0.312. The zero-order valence-electron chi connectivity index (χ0n) is 13.3. The second-order valence-corrected chi connectivity index (χ2v) is 7.12. The van der Waals surface area contributed by atoms with E-state index in [0.29, 0.717) is 11.8 Å². The summed E-state index contributed by atoms with van der Waals surface area (Å²) in [6.45, 7) is 1.90. The first kappa shape index (κ1) is 13.8. The molecule has 5 rings (SSSR count). The molecular formula is C16H15N7S. The van der Waals surface area contributed by atoms with Gasteiger partial charge < -0.3 is 0 Å². The summed E-state index contributed by atoms with van der Waals surface area (Å²) in [5.41, 5.74) is 3.45. The average molecular weight is 337 g/mol. The molecule has 0 radical (unpaired) electrons. The highest BCUT2D eigenvalue weighted by atomic mass is 32.1. The Labute approximate surface area is 142 Å². The zero-order valence-corrected chi connectivity index (χ0v) is 14.1. The summed E-state index contributed by atoms with van der Waals surface area (Å²) in [5, 5.41) is 18.4. The summed E-state index contributed by atoms with van der Waals surface area (Å²) in [6.07, 6.45) is 4.90. The fourth-order valence-electron chi connectivity index (χ4n) is 3.17. The SMILES string of the molecule is Cc1nnc2sc(-c3cc([C@@H]4CC4c4cccnc4)nn3C)nn12. The molecule has 1 aliphatic rings. The molecule has 1 aliphatic carbocycles. The van der Waals surface area contributed by atoms with Gasteiger partial charge in [0.05, 0.1) is 11.4 Å². The molecule has 2 atom stereocenters. The summed E-state index contributed by atoms with van der Waals surface area (Å²) in [4.78, 5) is 5.03. The second-order valence-electron chi connectivity index (χ2n) is 6.16. The molecule has 1 fully saturated rings. The Morgan fingerprint density at radius 3 is 2.92 bits per heavy atom. The van der Waals surface area contributed by atoms with Crippen LogP contribution in [0, 0.1) is 6.92 Å². The highest BCUT2D eigenvalue weighted by Gasteiger charge is 2.41. The van der Waals surface area contributed by atoms with Crippen molar-refractivity contribution in [1.29, 1.82) is 0 Å². The van der Waals surface area contributed by atoms with E-state index in [1.54, 1.807) is 4.52 Å². The maximum absolute atomic E-state index is 4.72. The van der Waals surface area contributed by atoms with Crippen LogP contribution in [0.25, 0.3) is 15.7 Å². The van der Waals surface area contributed by atoms with Crippen molar-refractivity contribution in [2.75, 3.05) is 0 Å². The largest absolute Gasteiger partial charge is 0.265 e. The second kappa shape index (κ2) is 4.94. The van der Waals surface area contributed by atoms with Crippen LogP contribution >= 0.6 is 11.3 Å². The first-order chi connectivity index (χ1) is 11.7. The molecule has 4 aromatic rings. The summed E-state index contributed by atoms with van der Waals surface area (Å²) in [7, 11) is 1.97. The van der Waals surface area contributed by atoms with Gasteiger partial charge in [0, 0.05) is 25.4 Å². The lowest BCUT2D eigenvalue weighted by Gasteiger charge is -1.96. The zero-order chi connectivity index (χ0) is 16.3. The third kappa shape index (κ3) is 2.06. The summed E-state index contributed by atoms with van der Waals surface area (Å²) in [6, 6.07) is 6.30. The monoisotopic (exact) mass is 337 g/mol. The van der Waals surface area contributed by atoms with Gasteiger partial charge in [-0.15, -0.1) is 10.2 Å². The van der Waals surface area contributed by atoms with Crippen LogP contribution in [0.3, 0.4) is 0 Å². The number of aromatic nitrogens is 7. The third-order valence-corrected chi connectivity index (χ3v) is 5.47. The highest BCUT2D eigenvalue weighted by Crippen LogP contribution is 2.54. The van der Waals surface area contributed by atoms with E-state index in [2.05, 4.69) is 32.4 Å². The van der Waals surface area contributed by atoms with Crippen LogP contribution in [0.15, 0.2) is 30.6 Å². The van der Waals surface area contributed by atoms with Crippen molar-refractivity contribution in [3.63, 3.8) is 0 Å². The average Bonchev–Trinajstić information content (AvgIpc) is 2.94. The van der Waals surface area contributed by atoms with Crippen molar-refractivity contribution in [1.82, 2.24) is 34.6 Å². The van der Waals surface area contributed by atoms with Crippen LogP contribution in [0.2, 0.25) is 0 Å². The van der Waals surface area contributed by atoms with Gasteiger partial charge in [-0.25, -0.2) is 0 Å². The minimum Gasteiger partial charge on any atom is -0.265 e. The smallest absolute Gasteiger partial charge is 0.235 e. The van der Waals surface area contributed by atoms with Crippen molar-refractivity contribution < 1.29 is 0 Å². The van der Waals surface area contributed by atoms with E-state index in [4.69, 9.17) is 5.10 Å². The molecule has 24 heavy (non-hydrogen) atoms. The molecule has 1 saturated carbocycles. The van der Waals surface area contributed by atoms with E-state index < -0.39 is 0 Å². The predicted octanol–water partition coefficient (Wildman–Crippen LogP) is 2.56. The summed E-state index contributed by atoms with van der Waals surface area (Å²) >= 11 is 1.54. The van der Waals surface area contributed by atoms with Crippen LogP contribution < -0.4 is 0 Å². The molecule has 0 aromatic carbocycles. The van der Waals surface area contributed by atoms with Gasteiger partial charge in [-0.3, -0.25) is 9.67 Å². The molecule has 4 aromatic heterocycles. The Morgan fingerprint density at radius 2 is 2.12 bits per heavy atom. The van der Waals surface area contributed by atoms with E-state index >= 15 is 0 Å². The molecule has 0 aliphatic heterocycles. The number of hydrogen-bond acceptors (Lipinski definition) is 6. The molecule has 0 saturated heterocycles. The normalized spacial score (nSPS) is 19.9. The van der Waals surface area contributed by atoms with Gasteiger partial charge in [0.15, 0.2) is 10.8 Å². The van der Waals surface area contributed by atoms with Crippen LogP contribution in [0.4, 0.5) is 0 Å². The number of aryl methyl sites for hydroxylation is 2. The molecule has 7 nitrogen and oxygen atoms in total. The van der Waals surface area contributed by atoms with Gasteiger partial charge in [0.25, 0.3) is 0 Å². The third-order valence-electron chi connectivity index (χ3n) is 4.55. The number of nitrogens with zero attached hydrogens (tertiary/aromatic N) is 7. The maximum Gasteiger partial charge on any atom is 0.235 e. The van der Waals surface area contributed by atoms with Gasteiger partial charge in [0.2, 0.25) is 4.96 Å². The molecule has 1 unspecified atom stereocenters. The van der Waals surface area contributed by atoms with Crippen LogP contribution in [-0.4, -0.2) is 34.6 Å². The van der Waals surface area contributed by atoms with Crippen molar-refractivity contribution in [3.05, 3.63) is 47.7 Å². The molecule has 120 valence electrons. The molecule has 0 amide bonds. The van der Waals surface area contributed by atoms with Gasteiger partial charge in [-0.2, -0.15) is 14.7 Å². The molecule has 4 heterocycles. The number of fused-ring (bicyclic) bond motifs is 1. The summed E-state index contributed by atoms with van der Waals surface area (Å²) < 4.78 is 3.69. The Kier molecular flexibility index (Phi) is 2.84. The predicted molar refractivity (Wildman–Crippen MR) is 89.9 cm³/mol. The van der Waals surface area contributed by atoms with Crippen molar-refractivity contribution in [3.8, 4) is 10.7 Å². The molecular weight excluding hydrogens is 322 g/mol. The first-order valence-electron chi connectivity index (χ1n) is 7.84. The Bertz CT molecular complexity index is 1030. The molecule has 0 N–H and O–H groups in total. The lowest BCUT2D eigenvalue weighted by atomic mass is 10.1.